The van der Waals surface area contributed by atoms with Crippen molar-refractivity contribution in [3.63, 3.8) is 0 Å². The van der Waals surface area contributed by atoms with Crippen LogP contribution in [0.1, 0.15) is 37.0 Å². The first-order chi connectivity index (χ1) is 7.52. The van der Waals surface area contributed by atoms with Crippen LogP contribution in [0, 0.1) is 5.92 Å². The van der Waals surface area contributed by atoms with Crippen LogP contribution in [0.3, 0.4) is 0 Å². The third-order valence-corrected chi connectivity index (χ3v) is 2.45. The number of hydrogen-bond acceptors (Lipinski definition) is 3. The van der Waals surface area contributed by atoms with E-state index < -0.39 is 0 Å². The highest BCUT2D eigenvalue weighted by Gasteiger charge is 2.13. The summed E-state index contributed by atoms with van der Waals surface area (Å²) in [5, 5.41) is 9.45. The summed E-state index contributed by atoms with van der Waals surface area (Å²) in [4.78, 5) is 23.0. The lowest BCUT2D eigenvalue weighted by molar-refractivity contribution is -0.121. The maximum atomic E-state index is 11.7. The van der Waals surface area contributed by atoms with E-state index in [1.807, 2.05) is 13.8 Å². The highest BCUT2D eigenvalue weighted by molar-refractivity contribution is 6.00. The van der Waals surface area contributed by atoms with Gasteiger partial charge >= 0.3 is 0 Å². The number of rotatable bonds is 5. The van der Waals surface area contributed by atoms with Crippen molar-refractivity contribution in [1.29, 1.82) is 0 Å². The van der Waals surface area contributed by atoms with Crippen molar-refractivity contribution < 1.29 is 14.7 Å². The van der Waals surface area contributed by atoms with Crippen LogP contribution in [0.5, 0.6) is 5.75 Å². The molecule has 0 atom stereocenters. The minimum atomic E-state index is -0.188. The van der Waals surface area contributed by atoms with Gasteiger partial charge in [-0.1, -0.05) is 26.0 Å². The smallest absolute Gasteiger partial charge is 0.167 e. The molecule has 86 valence electrons. The van der Waals surface area contributed by atoms with E-state index >= 15 is 0 Å². The summed E-state index contributed by atoms with van der Waals surface area (Å²) in [5.74, 6) is -0.183. The third kappa shape index (κ3) is 3.19. The number of ketones is 2. The molecule has 1 N–H and O–H groups in total. The van der Waals surface area contributed by atoms with Crippen molar-refractivity contribution >= 4 is 11.6 Å². The van der Waals surface area contributed by atoms with Gasteiger partial charge in [-0.05, 0) is 12.1 Å². The van der Waals surface area contributed by atoms with Crippen LogP contribution in [0.4, 0.5) is 0 Å². The van der Waals surface area contributed by atoms with Gasteiger partial charge in [-0.2, -0.15) is 0 Å². The first kappa shape index (κ1) is 12.4. The molecule has 0 aromatic heterocycles. The van der Waals surface area contributed by atoms with E-state index in [4.69, 9.17) is 0 Å². The normalized spacial score (nSPS) is 10.4. The molecule has 1 rings (SSSR count). The molecule has 0 saturated heterocycles. The van der Waals surface area contributed by atoms with Gasteiger partial charge in [-0.15, -0.1) is 0 Å². The van der Waals surface area contributed by atoms with Crippen LogP contribution in [0.25, 0.3) is 0 Å². The van der Waals surface area contributed by atoms with Crippen LogP contribution < -0.4 is 0 Å². The van der Waals surface area contributed by atoms with Crippen LogP contribution in [0.15, 0.2) is 24.3 Å². The molecule has 16 heavy (non-hydrogen) atoms. The predicted molar refractivity (Wildman–Crippen MR) is 61.5 cm³/mol. The Balaban J connectivity index is 2.60. The second-order valence-corrected chi connectivity index (χ2v) is 4.06. The number of phenols is 1. The number of hydrogen-bond donors (Lipinski definition) is 1. The zero-order chi connectivity index (χ0) is 12.1. The zero-order valence-electron chi connectivity index (χ0n) is 9.56. The molecule has 0 heterocycles. The summed E-state index contributed by atoms with van der Waals surface area (Å²) in [6.45, 7) is 3.62. The minimum absolute atomic E-state index is 0.0236. The van der Waals surface area contributed by atoms with Gasteiger partial charge in [0, 0.05) is 18.8 Å². The summed E-state index contributed by atoms with van der Waals surface area (Å²) in [6, 6.07) is 6.39. The Kier molecular flexibility index (Phi) is 4.23. The molecule has 3 heteroatoms. The predicted octanol–water partition coefficient (Wildman–Crippen LogP) is 2.58. The lowest BCUT2D eigenvalue weighted by atomic mass is 10.00. The fourth-order valence-electron chi connectivity index (χ4n) is 1.37. The summed E-state index contributed by atoms with van der Waals surface area (Å²) in [7, 11) is 0. The van der Waals surface area contributed by atoms with E-state index in [1.165, 1.54) is 6.07 Å². The Morgan fingerprint density at radius 2 is 1.81 bits per heavy atom. The van der Waals surface area contributed by atoms with Crippen molar-refractivity contribution in [2.45, 2.75) is 26.7 Å². The number of benzene rings is 1. The molecule has 0 aliphatic carbocycles. The number of para-hydroxylation sites is 1. The van der Waals surface area contributed by atoms with Gasteiger partial charge in [-0.3, -0.25) is 9.59 Å². The van der Waals surface area contributed by atoms with E-state index in [2.05, 4.69) is 0 Å². The second kappa shape index (κ2) is 5.45. The molecule has 0 amide bonds. The van der Waals surface area contributed by atoms with Crippen molar-refractivity contribution in [2.75, 3.05) is 0 Å². The maximum Gasteiger partial charge on any atom is 0.167 e. The average Bonchev–Trinajstić information content (AvgIpc) is 2.25. The van der Waals surface area contributed by atoms with Crippen LogP contribution in [-0.4, -0.2) is 16.7 Å². The highest BCUT2D eigenvalue weighted by Crippen LogP contribution is 2.18. The number of carbonyl (C=O) groups excluding carboxylic acids is 2. The van der Waals surface area contributed by atoms with E-state index in [9.17, 15) is 14.7 Å². The molecule has 0 aliphatic heterocycles. The first-order valence-corrected chi connectivity index (χ1v) is 5.36. The Bertz CT molecular complexity index is 394. The van der Waals surface area contributed by atoms with Gasteiger partial charge in [0.25, 0.3) is 0 Å². The monoisotopic (exact) mass is 220 g/mol. The van der Waals surface area contributed by atoms with E-state index in [1.54, 1.807) is 18.2 Å². The summed E-state index contributed by atoms with van der Waals surface area (Å²) in [6.07, 6.45) is 0.402. The van der Waals surface area contributed by atoms with Gasteiger partial charge in [0.1, 0.15) is 11.5 Å². The Labute approximate surface area is 95.1 Å². The molecular weight excluding hydrogens is 204 g/mol. The van der Waals surface area contributed by atoms with Gasteiger partial charge in [0.05, 0.1) is 5.56 Å². The quantitative estimate of drug-likeness (QED) is 0.776. The molecule has 0 bridgehead atoms. The van der Waals surface area contributed by atoms with Crippen LogP contribution in [-0.2, 0) is 4.79 Å². The van der Waals surface area contributed by atoms with Gasteiger partial charge in [-0.25, -0.2) is 0 Å². The Morgan fingerprint density at radius 3 is 2.38 bits per heavy atom. The fourth-order valence-corrected chi connectivity index (χ4v) is 1.37. The van der Waals surface area contributed by atoms with Crippen molar-refractivity contribution in [3.05, 3.63) is 29.8 Å². The molecule has 1 aromatic carbocycles. The molecule has 0 aliphatic rings. The highest BCUT2D eigenvalue weighted by atomic mass is 16.3. The lowest BCUT2D eigenvalue weighted by Gasteiger charge is -2.04. The second-order valence-electron chi connectivity index (χ2n) is 4.06. The summed E-state index contributed by atoms with van der Waals surface area (Å²) in [5.41, 5.74) is 0.291. The summed E-state index contributed by atoms with van der Waals surface area (Å²) < 4.78 is 0. The average molecular weight is 220 g/mol. The standard InChI is InChI=1S/C13H16O3/c1-9(2)11(14)7-8-13(16)10-5-3-4-6-12(10)15/h3-6,9,15H,7-8H2,1-2H3. The van der Waals surface area contributed by atoms with Gasteiger partial charge < -0.3 is 5.11 Å². The van der Waals surface area contributed by atoms with Crippen molar-refractivity contribution in [3.8, 4) is 5.75 Å². The molecule has 0 fully saturated rings. The van der Waals surface area contributed by atoms with Gasteiger partial charge in [0.2, 0.25) is 0 Å². The lowest BCUT2D eigenvalue weighted by Crippen LogP contribution is -2.10. The molecule has 1 aromatic rings. The first-order valence-electron chi connectivity index (χ1n) is 5.36. The Morgan fingerprint density at radius 1 is 1.19 bits per heavy atom. The number of carbonyl (C=O) groups is 2. The van der Waals surface area contributed by atoms with E-state index in [-0.39, 0.29) is 36.1 Å². The van der Waals surface area contributed by atoms with Crippen molar-refractivity contribution in [2.24, 2.45) is 5.92 Å². The summed E-state index contributed by atoms with van der Waals surface area (Å²) >= 11 is 0. The SMILES string of the molecule is CC(C)C(=O)CCC(=O)c1ccccc1O. The largest absolute Gasteiger partial charge is 0.507 e. The van der Waals surface area contributed by atoms with Crippen LogP contribution in [0.2, 0.25) is 0 Å². The molecule has 0 unspecified atom stereocenters. The van der Waals surface area contributed by atoms with Crippen LogP contribution >= 0.6 is 0 Å². The minimum Gasteiger partial charge on any atom is -0.507 e. The topological polar surface area (TPSA) is 54.4 Å². The van der Waals surface area contributed by atoms with Crippen molar-refractivity contribution in [1.82, 2.24) is 0 Å². The third-order valence-electron chi connectivity index (χ3n) is 2.45. The fraction of sp³-hybridized carbons (Fsp3) is 0.385. The molecule has 3 nitrogen and oxygen atoms in total. The Hall–Kier alpha value is -1.64. The number of Topliss-reactive ketones (excluding diaryl/α,β-unsaturated/α-hetero) is 2. The number of aromatic hydroxyl groups is 1. The number of phenolic OH excluding ortho intramolecular Hbond substituents is 1. The van der Waals surface area contributed by atoms with E-state index in [0.29, 0.717) is 5.56 Å². The van der Waals surface area contributed by atoms with Gasteiger partial charge in [0.15, 0.2) is 5.78 Å². The maximum absolute atomic E-state index is 11.7. The molecule has 0 saturated carbocycles. The molecular formula is C13H16O3. The zero-order valence-corrected chi connectivity index (χ0v) is 9.56. The van der Waals surface area contributed by atoms with E-state index in [0.717, 1.165) is 0 Å². The molecule has 0 spiro atoms. The molecule has 0 radical (unpaired) electrons.